The maximum absolute atomic E-state index is 11.7. The van der Waals surface area contributed by atoms with Crippen molar-refractivity contribution in [1.82, 2.24) is 0 Å². The van der Waals surface area contributed by atoms with E-state index in [4.69, 9.17) is 0 Å². The van der Waals surface area contributed by atoms with Crippen LogP contribution in [-0.4, -0.2) is 38.1 Å². The highest BCUT2D eigenvalue weighted by molar-refractivity contribution is 5.94. The molecule has 4 nitrogen and oxygen atoms in total. The molecule has 1 amide bonds. The van der Waals surface area contributed by atoms with Crippen LogP contribution in [0.3, 0.4) is 0 Å². The number of rotatable bonds is 5. The number of carbonyl (C=O) groups is 1. The molecule has 2 N–H and O–H groups in total. The van der Waals surface area contributed by atoms with E-state index in [1.165, 1.54) is 55.7 Å². The SMILES string of the molecule is CC(=O)N1CCc2cc(NC3CC[NH+](CCc4ccccc4)CC3)ccc21. The van der Waals surface area contributed by atoms with Gasteiger partial charge in [0.15, 0.2) is 0 Å². The van der Waals surface area contributed by atoms with Crippen LogP contribution in [0.2, 0.25) is 0 Å². The summed E-state index contributed by atoms with van der Waals surface area (Å²) >= 11 is 0. The lowest BCUT2D eigenvalue weighted by Crippen LogP contribution is -3.13. The largest absolute Gasteiger partial charge is 0.382 e. The Bertz CT molecular complexity index is 781. The second kappa shape index (κ2) is 8.13. The molecule has 1 saturated heterocycles. The van der Waals surface area contributed by atoms with Gasteiger partial charge >= 0.3 is 0 Å². The Hall–Kier alpha value is -2.33. The van der Waals surface area contributed by atoms with E-state index in [2.05, 4.69) is 53.8 Å². The maximum Gasteiger partial charge on any atom is 0.223 e. The smallest absolute Gasteiger partial charge is 0.223 e. The highest BCUT2D eigenvalue weighted by Crippen LogP contribution is 2.31. The average Bonchev–Trinajstić information content (AvgIpc) is 3.12. The van der Waals surface area contributed by atoms with Gasteiger partial charge in [0.25, 0.3) is 0 Å². The van der Waals surface area contributed by atoms with Gasteiger partial charge in [-0.2, -0.15) is 0 Å². The fraction of sp³-hybridized carbons (Fsp3) is 0.435. The average molecular weight is 365 g/mol. The van der Waals surface area contributed by atoms with Crippen LogP contribution in [0.25, 0.3) is 0 Å². The summed E-state index contributed by atoms with van der Waals surface area (Å²) in [7, 11) is 0. The molecule has 0 aliphatic carbocycles. The summed E-state index contributed by atoms with van der Waals surface area (Å²) < 4.78 is 0. The zero-order valence-corrected chi connectivity index (χ0v) is 16.2. The van der Waals surface area contributed by atoms with Gasteiger partial charge in [0.1, 0.15) is 0 Å². The van der Waals surface area contributed by atoms with Gasteiger partial charge in [-0.05, 0) is 35.7 Å². The van der Waals surface area contributed by atoms with E-state index in [0.717, 1.165) is 18.7 Å². The first-order valence-electron chi connectivity index (χ1n) is 10.2. The summed E-state index contributed by atoms with van der Waals surface area (Å²) in [5, 5.41) is 3.73. The molecule has 2 aliphatic rings. The van der Waals surface area contributed by atoms with Crippen LogP contribution in [0, 0.1) is 0 Å². The Morgan fingerprint density at radius 2 is 1.93 bits per heavy atom. The highest BCUT2D eigenvalue weighted by atomic mass is 16.2. The number of hydrogen-bond donors (Lipinski definition) is 2. The van der Waals surface area contributed by atoms with Crippen LogP contribution in [0.1, 0.15) is 30.9 Å². The van der Waals surface area contributed by atoms with Crippen LogP contribution in [-0.2, 0) is 17.6 Å². The number of anilines is 2. The van der Waals surface area contributed by atoms with E-state index >= 15 is 0 Å². The van der Waals surface area contributed by atoms with Gasteiger partial charge in [-0.1, -0.05) is 30.3 Å². The Kier molecular flexibility index (Phi) is 5.44. The molecule has 4 heteroatoms. The standard InChI is InChI=1S/C23H29N3O/c1-18(27)26-16-10-20-17-22(7-8-23(20)26)24-21-11-14-25(15-12-21)13-9-19-5-3-2-4-6-19/h2-8,17,21,24H,9-16H2,1H3/p+1. The van der Waals surface area contributed by atoms with E-state index in [-0.39, 0.29) is 5.91 Å². The molecular formula is C23H30N3O+. The number of fused-ring (bicyclic) bond motifs is 1. The van der Waals surface area contributed by atoms with Gasteiger partial charge in [-0.15, -0.1) is 0 Å². The third-order valence-corrected chi connectivity index (χ3v) is 6.03. The van der Waals surface area contributed by atoms with Crippen LogP contribution in [0.5, 0.6) is 0 Å². The molecule has 2 aromatic rings. The Labute approximate surface area is 162 Å². The van der Waals surface area contributed by atoms with E-state index in [9.17, 15) is 4.79 Å². The van der Waals surface area contributed by atoms with E-state index in [1.54, 1.807) is 11.8 Å². The van der Waals surface area contributed by atoms with E-state index < -0.39 is 0 Å². The molecule has 0 bridgehead atoms. The van der Waals surface area contributed by atoms with Gasteiger partial charge in [-0.3, -0.25) is 4.79 Å². The molecule has 27 heavy (non-hydrogen) atoms. The zero-order chi connectivity index (χ0) is 18.6. The summed E-state index contributed by atoms with van der Waals surface area (Å²) in [5.41, 5.74) is 5.04. The van der Waals surface area contributed by atoms with Crippen LogP contribution >= 0.6 is 0 Å². The van der Waals surface area contributed by atoms with Crippen molar-refractivity contribution in [3.05, 3.63) is 59.7 Å². The quantitative estimate of drug-likeness (QED) is 0.854. The predicted octanol–water partition coefficient (Wildman–Crippen LogP) is 2.30. The molecule has 0 aromatic heterocycles. The van der Waals surface area contributed by atoms with Crippen LogP contribution in [0.4, 0.5) is 11.4 Å². The molecule has 2 aliphatic heterocycles. The second-order valence-electron chi connectivity index (χ2n) is 7.92. The number of likely N-dealkylation sites (tertiary alicyclic amines) is 1. The zero-order valence-electron chi connectivity index (χ0n) is 16.2. The molecular weight excluding hydrogens is 334 g/mol. The summed E-state index contributed by atoms with van der Waals surface area (Å²) in [4.78, 5) is 15.3. The minimum Gasteiger partial charge on any atom is -0.382 e. The fourth-order valence-corrected chi connectivity index (χ4v) is 4.44. The molecule has 0 atom stereocenters. The molecule has 4 rings (SSSR count). The van der Waals surface area contributed by atoms with Crippen molar-refractivity contribution in [2.75, 3.05) is 36.4 Å². The lowest BCUT2D eigenvalue weighted by atomic mass is 10.0. The third-order valence-electron chi connectivity index (χ3n) is 6.03. The topological polar surface area (TPSA) is 36.8 Å². The first-order chi connectivity index (χ1) is 13.2. The minimum absolute atomic E-state index is 0.139. The lowest BCUT2D eigenvalue weighted by Gasteiger charge is -2.30. The Morgan fingerprint density at radius 1 is 1.15 bits per heavy atom. The Morgan fingerprint density at radius 3 is 2.67 bits per heavy atom. The highest BCUT2D eigenvalue weighted by Gasteiger charge is 2.24. The van der Waals surface area contributed by atoms with E-state index in [0.29, 0.717) is 6.04 Å². The molecule has 2 heterocycles. The number of benzene rings is 2. The monoisotopic (exact) mass is 364 g/mol. The van der Waals surface area contributed by atoms with Crippen molar-refractivity contribution < 1.29 is 9.69 Å². The third kappa shape index (κ3) is 4.33. The van der Waals surface area contributed by atoms with Crippen LogP contribution < -0.4 is 15.1 Å². The summed E-state index contributed by atoms with van der Waals surface area (Å²) in [6.07, 6.45) is 4.58. The lowest BCUT2D eigenvalue weighted by molar-refractivity contribution is -0.904. The van der Waals surface area contributed by atoms with E-state index in [1.807, 2.05) is 4.90 Å². The van der Waals surface area contributed by atoms with Crippen molar-refractivity contribution >= 4 is 17.3 Å². The molecule has 1 fully saturated rings. The van der Waals surface area contributed by atoms with Gasteiger partial charge in [0.05, 0.1) is 19.6 Å². The molecule has 0 spiro atoms. The normalized spacial score (nSPS) is 21.7. The van der Waals surface area contributed by atoms with Gasteiger partial charge in [0.2, 0.25) is 5.91 Å². The van der Waals surface area contributed by atoms with Crippen molar-refractivity contribution in [2.24, 2.45) is 0 Å². The first-order valence-corrected chi connectivity index (χ1v) is 10.2. The fourth-order valence-electron chi connectivity index (χ4n) is 4.44. The number of piperidine rings is 1. The minimum atomic E-state index is 0.139. The van der Waals surface area contributed by atoms with Crippen molar-refractivity contribution in [1.29, 1.82) is 0 Å². The number of quaternary nitrogens is 1. The van der Waals surface area contributed by atoms with Gasteiger partial charge in [-0.25, -0.2) is 0 Å². The number of hydrogen-bond acceptors (Lipinski definition) is 2. The number of carbonyl (C=O) groups excluding carboxylic acids is 1. The predicted molar refractivity (Wildman–Crippen MR) is 111 cm³/mol. The number of amides is 1. The summed E-state index contributed by atoms with van der Waals surface area (Å²) in [6.45, 7) is 6.18. The van der Waals surface area contributed by atoms with Gasteiger partial charge in [0, 0.05) is 50.1 Å². The molecule has 2 aromatic carbocycles. The number of nitrogens with one attached hydrogen (secondary N) is 2. The first kappa shape index (κ1) is 18.1. The molecule has 0 radical (unpaired) electrons. The number of nitrogens with zero attached hydrogens (tertiary/aromatic N) is 1. The summed E-state index contributed by atoms with van der Waals surface area (Å²) in [5.74, 6) is 0.139. The maximum atomic E-state index is 11.7. The van der Waals surface area contributed by atoms with Crippen molar-refractivity contribution in [3.63, 3.8) is 0 Å². The molecule has 142 valence electrons. The molecule has 0 unspecified atom stereocenters. The van der Waals surface area contributed by atoms with Crippen LogP contribution in [0.15, 0.2) is 48.5 Å². The second-order valence-corrected chi connectivity index (χ2v) is 7.92. The van der Waals surface area contributed by atoms with Gasteiger partial charge < -0.3 is 15.1 Å². The Balaban J connectivity index is 1.27. The van der Waals surface area contributed by atoms with Crippen molar-refractivity contribution in [3.8, 4) is 0 Å². The van der Waals surface area contributed by atoms with Crippen molar-refractivity contribution in [2.45, 2.75) is 38.6 Å². The summed E-state index contributed by atoms with van der Waals surface area (Å²) in [6, 6.07) is 17.9. The molecule has 0 saturated carbocycles.